The average molecular weight is 407 g/mol. The first-order valence-corrected chi connectivity index (χ1v) is 8.38. The lowest BCUT2D eigenvalue weighted by atomic mass is 10.1. The monoisotopic (exact) mass is 406 g/mol. The lowest BCUT2D eigenvalue weighted by molar-refractivity contribution is 0.0275. The predicted octanol–water partition coefficient (Wildman–Crippen LogP) is 3.43. The van der Waals surface area contributed by atoms with Gasteiger partial charge >= 0.3 is 6.03 Å². The summed E-state index contributed by atoms with van der Waals surface area (Å²) in [5.74, 6) is -0.170. The highest BCUT2D eigenvalue weighted by Crippen LogP contribution is 2.26. The maximum atomic E-state index is 14.4. The zero-order chi connectivity index (χ0) is 19.2. The summed E-state index contributed by atoms with van der Waals surface area (Å²) in [4.78, 5) is 12.2. The molecule has 148 valence electrons. The standard InChI is InChI=1S/C19H19FN4O3.ClH/c1-26-17-5-2-12(10-21)8-16(17)24-19(25)23-15-4-3-13(9-14(15)20)18-11-22-6-7-27-18;/h2-5,8-9,18,22H,6-7,11H2,1H3,(H2,23,24,25);1H. The Morgan fingerprint density at radius 3 is 2.71 bits per heavy atom. The minimum Gasteiger partial charge on any atom is -0.495 e. The van der Waals surface area contributed by atoms with E-state index in [4.69, 9.17) is 14.7 Å². The van der Waals surface area contributed by atoms with Gasteiger partial charge in [-0.15, -0.1) is 12.4 Å². The summed E-state index contributed by atoms with van der Waals surface area (Å²) in [5.41, 5.74) is 1.42. The Labute approximate surface area is 168 Å². The minimum absolute atomic E-state index is 0. The van der Waals surface area contributed by atoms with Gasteiger partial charge in [0.1, 0.15) is 11.6 Å². The molecule has 0 radical (unpaired) electrons. The van der Waals surface area contributed by atoms with Crippen molar-refractivity contribution >= 4 is 29.8 Å². The predicted molar refractivity (Wildman–Crippen MR) is 106 cm³/mol. The van der Waals surface area contributed by atoms with Crippen LogP contribution >= 0.6 is 12.4 Å². The molecule has 0 aromatic heterocycles. The van der Waals surface area contributed by atoms with E-state index in [2.05, 4.69) is 16.0 Å². The van der Waals surface area contributed by atoms with Crippen molar-refractivity contribution in [3.63, 3.8) is 0 Å². The fourth-order valence-electron chi connectivity index (χ4n) is 2.76. The molecule has 0 spiro atoms. The highest BCUT2D eigenvalue weighted by Gasteiger charge is 2.18. The van der Waals surface area contributed by atoms with Crippen LogP contribution < -0.4 is 20.7 Å². The lowest BCUT2D eigenvalue weighted by Gasteiger charge is -2.24. The van der Waals surface area contributed by atoms with Gasteiger partial charge in [0, 0.05) is 13.1 Å². The zero-order valence-corrected chi connectivity index (χ0v) is 15.9. The average Bonchev–Trinajstić information content (AvgIpc) is 2.70. The highest BCUT2D eigenvalue weighted by molar-refractivity contribution is 6.00. The summed E-state index contributed by atoms with van der Waals surface area (Å²) in [6, 6.07) is 10.5. The quantitative estimate of drug-likeness (QED) is 0.723. The first-order chi connectivity index (χ1) is 13.1. The van der Waals surface area contributed by atoms with Crippen LogP contribution in [0, 0.1) is 17.1 Å². The van der Waals surface area contributed by atoms with Crippen molar-refractivity contribution in [2.75, 3.05) is 37.4 Å². The summed E-state index contributed by atoms with van der Waals surface area (Å²) in [5, 5.41) is 17.2. The topological polar surface area (TPSA) is 95.4 Å². The normalized spacial score (nSPS) is 15.7. The van der Waals surface area contributed by atoms with Crippen molar-refractivity contribution in [3.05, 3.63) is 53.3 Å². The Morgan fingerprint density at radius 2 is 2.07 bits per heavy atom. The Balaban J connectivity index is 0.00000280. The molecule has 0 aliphatic carbocycles. The van der Waals surface area contributed by atoms with Gasteiger partial charge in [-0.2, -0.15) is 5.26 Å². The summed E-state index contributed by atoms with van der Waals surface area (Å²) in [6.45, 7) is 1.95. The van der Waals surface area contributed by atoms with Crippen molar-refractivity contribution in [3.8, 4) is 11.8 Å². The van der Waals surface area contributed by atoms with Gasteiger partial charge in [-0.25, -0.2) is 9.18 Å². The summed E-state index contributed by atoms with van der Waals surface area (Å²) >= 11 is 0. The van der Waals surface area contributed by atoms with E-state index in [1.165, 1.54) is 25.3 Å². The maximum absolute atomic E-state index is 14.4. The van der Waals surface area contributed by atoms with Gasteiger partial charge in [-0.05, 0) is 35.9 Å². The second-order valence-electron chi connectivity index (χ2n) is 5.91. The molecule has 0 bridgehead atoms. The number of ether oxygens (including phenoxy) is 2. The Bertz CT molecular complexity index is 882. The van der Waals surface area contributed by atoms with Gasteiger partial charge in [0.25, 0.3) is 0 Å². The summed E-state index contributed by atoms with van der Waals surface area (Å²) in [6.07, 6.45) is -0.214. The third-order valence-corrected chi connectivity index (χ3v) is 4.12. The van der Waals surface area contributed by atoms with Crippen LogP contribution in [0.5, 0.6) is 5.75 Å². The van der Waals surface area contributed by atoms with Crippen LogP contribution in [-0.4, -0.2) is 32.8 Å². The highest BCUT2D eigenvalue weighted by atomic mass is 35.5. The van der Waals surface area contributed by atoms with Gasteiger partial charge < -0.3 is 25.4 Å². The van der Waals surface area contributed by atoms with E-state index in [0.29, 0.717) is 35.7 Å². The number of urea groups is 1. The molecule has 0 saturated carbocycles. The Hall–Kier alpha value is -2.86. The number of nitriles is 1. The smallest absolute Gasteiger partial charge is 0.323 e. The second-order valence-corrected chi connectivity index (χ2v) is 5.91. The molecule has 1 aliphatic heterocycles. The molecule has 2 aromatic rings. The van der Waals surface area contributed by atoms with E-state index in [0.717, 1.165) is 6.54 Å². The maximum Gasteiger partial charge on any atom is 0.323 e. The minimum atomic E-state index is -0.648. The lowest BCUT2D eigenvalue weighted by Crippen LogP contribution is -2.33. The SMILES string of the molecule is COc1ccc(C#N)cc1NC(=O)Nc1ccc(C2CNCCO2)cc1F.Cl. The number of carbonyl (C=O) groups is 1. The number of hydrogen-bond acceptors (Lipinski definition) is 5. The second kappa shape index (κ2) is 9.90. The van der Waals surface area contributed by atoms with Crippen LogP contribution in [0.1, 0.15) is 17.2 Å². The molecule has 1 unspecified atom stereocenters. The number of carbonyl (C=O) groups excluding carboxylic acids is 1. The fraction of sp³-hybridized carbons (Fsp3) is 0.263. The number of rotatable bonds is 4. The van der Waals surface area contributed by atoms with Crippen LogP contribution in [0.15, 0.2) is 36.4 Å². The first-order valence-electron chi connectivity index (χ1n) is 8.38. The molecule has 3 N–H and O–H groups in total. The number of methoxy groups -OCH3 is 1. The number of nitrogens with zero attached hydrogens (tertiary/aromatic N) is 1. The third-order valence-electron chi connectivity index (χ3n) is 4.12. The molecular weight excluding hydrogens is 387 g/mol. The van der Waals surface area contributed by atoms with E-state index in [1.54, 1.807) is 18.2 Å². The molecular formula is C19H20ClFN4O3. The van der Waals surface area contributed by atoms with Crippen molar-refractivity contribution in [1.82, 2.24) is 5.32 Å². The molecule has 9 heteroatoms. The Morgan fingerprint density at radius 1 is 1.29 bits per heavy atom. The summed E-state index contributed by atoms with van der Waals surface area (Å²) < 4.78 is 25.1. The Kier molecular flexibility index (Phi) is 7.58. The molecule has 1 fully saturated rings. The van der Waals surface area contributed by atoms with E-state index in [-0.39, 0.29) is 24.2 Å². The van der Waals surface area contributed by atoms with Crippen LogP contribution in [-0.2, 0) is 4.74 Å². The van der Waals surface area contributed by atoms with E-state index >= 15 is 0 Å². The summed E-state index contributed by atoms with van der Waals surface area (Å²) in [7, 11) is 1.45. The molecule has 1 atom stereocenters. The molecule has 28 heavy (non-hydrogen) atoms. The van der Waals surface area contributed by atoms with Gasteiger partial charge in [0.15, 0.2) is 0 Å². The van der Waals surface area contributed by atoms with E-state index in [9.17, 15) is 9.18 Å². The number of nitrogens with one attached hydrogen (secondary N) is 3. The molecule has 7 nitrogen and oxygen atoms in total. The van der Waals surface area contributed by atoms with Gasteiger partial charge in [0.05, 0.1) is 42.8 Å². The largest absolute Gasteiger partial charge is 0.495 e. The van der Waals surface area contributed by atoms with E-state index < -0.39 is 11.8 Å². The van der Waals surface area contributed by atoms with Crippen molar-refractivity contribution in [2.45, 2.75) is 6.10 Å². The van der Waals surface area contributed by atoms with Crippen LogP contribution in [0.25, 0.3) is 0 Å². The van der Waals surface area contributed by atoms with Crippen LogP contribution in [0.3, 0.4) is 0 Å². The molecule has 1 saturated heterocycles. The number of benzene rings is 2. The zero-order valence-electron chi connectivity index (χ0n) is 15.1. The number of halogens is 2. The number of anilines is 2. The fourth-order valence-corrected chi connectivity index (χ4v) is 2.76. The van der Waals surface area contributed by atoms with Crippen LogP contribution in [0.2, 0.25) is 0 Å². The van der Waals surface area contributed by atoms with Crippen molar-refractivity contribution < 1.29 is 18.7 Å². The first kappa shape index (κ1) is 21.4. The molecule has 3 rings (SSSR count). The van der Waals surface area contributed by atoms with Gasteiger partial charge in [0.2, 0.25) is 0 Å². The van der Waals surface area contributed by atoms with Gasteiger partial charge in [-0.3, -0.25) is 0 Å². The number of hydrogen-bond donors (Lipinski definition) is 3. The number of morpholine rings is 1. The molecule has 1 aliphatic rings. The van der Waals surface area contributed by atoms with Crippen molar-refractivity contribution in [1.29, 1.82) is 5.26 Å². The third kappa shape index (κ3) is 5.10. The van der Waals surface area contributed by atoms with Crippen molar-refractivity contribution in [2.24, 2.45) is 0 Å². The van der Waals surface area contributed by atoms with E-state index in [1.807, 2.05) is 6.07 Å². The molecule has 2 aromatic carbocycles. The van der Waals surface area contributed by atoms with Crippen LogP contribution in [0.4, 0.5) is 20.6 Å². The van der Waals surface area contributed by atoms with Gasteiger partial charge in [-0.1, -0.05) is 6.07 Å². The molecule has 1 heterocycles. The number of amides is 2. The molecule has 2 amide bonds.